The molecule has 29 heavy (non-hydrogen) atoms. The Morgan fingerprint density at radius 2 is 1.86 bits per heavy atom. The number of carbonyl (C=O) groups is 2. The van der Waals surface area contributed by atoms with Crippen LogP contribution in [0.2, 0.25) is 0 Å². The standard InChI is InChI=1S/C24H36N2O3/c1-24(2,3)29-23(28)25(4)16-19-8-7-13-26(17-19)22(27)15-18-11-12-20-9-5-6-10-21(20)14-18/h11-12,14,19H,5-10,13,15-17H2,1-4H3. The molecule has 2 aliphatic rings. The Morgan fingerprint density at radius 3 is 2.59 bits per heavy atom. The van der Waals surface area contributed by atoms with Crippen LogP contribution in [0, 0.1) is 5.92 Å². The van der Waals surface area contributed by atoms with Crippen LogP contribution in [0.1, 0.15) is 63.1 Å². The lowest BCUT2D eigenvalue weighted by atomic mass is 9.90. The van der Waals surface area contributed by atoms with Crippen LogP contribution in [0.3, 0.4) is 0 Å². The lowest BCUT2D eigenvalue weighted by Gasteiger charge is -2.35. The zero-order chi connectivity index (χ0) is 21.0. The van der Waals surface area contributed by atoms with E-state index in [0.717, 1.165) is 37.9 Å². The molecule has 1 aromatic carbocycles. The largest absolute Gasteiger partial charge is 0.444 e. The van der Waals surface area contributed by atoms with E-state index >= 15 is 0 Å². The van der Waals surface area contributed by atoms with Gasteiger partial charge in [0.1, 0.15) is 5.60 Å². The van der Waals surface area contributed by atoms with Crippen molar-refractivity contribution in [1.29, 1.82) is 0 Å². The van der Waals surface area contributed by atoms with Gasteiger partial charge in [-0.25, -0.2) is 4.79 Å². The zero-order valence-corrected chi connectivity index (χ0v) is 18.5. The first-order chi connectivity index (χ1) is 13.7. The molecule has 0 radical (unpaired) electrons. The van der Waals surface area contributed by atoms with Gasteiger partial charge in [-0.1, -0.05) is 18.2 Å². The normalized spacial score (nSPS) is 19.4. The molecule has 1 unspecified atom stereocenters. The number of likely N-dealkylation sites (tertiary alicyclic amines) is 1. The minimum absolute atomic E-state index is 0.199. The molecule has 5 heteroatoms. The average Bonchev–Trinajstić information content (AvgIpc) is 2.66. The number of rotatable bonds is 4. The lowest BCUT2D eigenvalue weighted by Crippen LogP contribution is -2.45. The summed E-state index contributed by atoms with van der Waals surface area (Å²) in [6.07, 6.45) is 7.04. The van der Waals surface area contributed by atoms with E-state index in [1.807, 2.05) is 25.7 Å². The predicted octanol–water partition coefficient (Wildman–Crippen LogP) is 4.21. The Morgan fingerprint density at radius 1 is 1.14 bits per heavy atom. The van der Waals surface area contributed by atoms with Crippen LogP contribution in [0.25, 0.3) is 0 Å². The van der Waals surface area contributed by atoms with Crippen molar-refractivity contribution in [3.05, 3.63) is 34.9 Å². The van der Waals surface area contributed by atoms with Gasteiger partial charge < -0.3 is 14.5 Å². The van der Waals surface area contributed by atoms with E-state index in [0.29, 0.717) is 18.9 Å². The van der Waals surface area contributed by atoms with Gasteiger partial charge in [0.15, 0.2) is 0 Å². The van der Waals surface area contributed by atoms with Gasteiger partial charge in [-0.15, -0.1) is 0 Å². The molecule has 1 heterocycles. The molecule has 1 fully saturated rings. The van der Waals surface area contributed by atoms with E-state index in [1.54, 1.807) is 11.9 Å². The van der Waals surface area contributed by atoms with E-state index < -0.39 is 5.60 Å². The molecule has 1 atom stereocenters. The highest BCUT2D eigenvalue weighted by molar-refractivity contribution is 5.79. The lowest BCUT2D eigenvalue weighted by molar-refractivity contribution is -0.132. The summed E-state index contributed by atoms with van der Waals surface area (Å²) in [5.41, 5.74) is 3.52. The number of piperidine rings is 1. The molecular weight excluding hydrogens is 364 g/mol. The summed E-state index contributed by atoms with van der Waals surface area (Å²) in [6.45, 7) is 7.78. The van der Waals surface area contributed by atoms with Crippen molar-refractivity contribution < 1.29 is 14.3 Å². The number of ether oxygens (including phenoxy) is 1. The Balaban J connectivity index is 1.53. The van der Waals surface area contributed by atoms with Gasteiger partial charge in [-0.3, -0.25) is 4.79 Å². The maximum absolute atomic E-state index is 12.9. The van der Waals surface area contributed by atoms with Crippen LogP contribution in [0.4, 0.5) is 4.79 Å². The van der Waals surface area contributed by atoms with Gasteiger partial charge in [-0.2, -0.15) is 0 Å². The molecule has 0 spiro atoms. The third-order valence-electron chi connectivity index (χ3n) is 5.88. The number of amides is 2. The van der Waals surface area contributed by atoms with E-state index in [4.69, 9.17) is 4.74 Å². The topological polar surface area (TPSA) is 49.9 Å². The predicted molar refractivity (Wildman–Crippen MR) is 115 cm³/mol. The van der Waals surface area contributed by atoms with Gasteiger partial charge in [-0.05, 0) is 81.9 Å². The van der Waals surface area contributed by atoms with Gasteiger partial charge in [0.05, 0.1) is 6.42 Å². The Bertz CT molecular complexity index is 738. The number of hydrogen-bond acceptors (Lipinski definition) is 3. The number of carbonyl (C=O) groups excluding carboxylic acids is 2. The van der Waals surface area contributed by atoms with Crippen molar-refractivity contribution in [3.8, 4) is 0 Å². The number of benzene rings is 1. The minimum Gasteiger partial charge on any atom is -0.444 e. The Kier molecular flexibility index (Phi) is 6.86. The summed E-state index contributed by atoms with van der Waals surface area (Å²) < 4.78 is 5.45. The fraction of sp³-hybridized carbons (Fsp3) is 0.667. The maximum atomic E-state index is 12.9. The molecular formula is C24H36N2O3. The summed E-state index contributed by atoms with van der Waals surface area (Å²) in [4.78, 5) is 28.8. The molecule has 3 rings (SSSR count). The van der Waals surface area contributed by atoms with Crippen LogP contribution in [-0.2, 0) is 28.8 Å². The zero-order valence-electron chi connectivity index (χ0n) is 18.5. The summed E-state index contributed by atoms with van der Waals surface area (Å²) in [6, 6.07) is 6.58. The third kappa shape index (κ3) is 6.22. The quantitative estimate of drug-likeness (QED) is 0.761. The number of hydrogen-bond donors (Lipinski definition) is 0. The van der Waals surface area contributed by atoms with Gasteiger partial charge in [0, 0.05) is 26.7 Å². The minimum atomic E-state index is -0.491. The number of fused-ring (bicyclic) bond motifs is 1. The molecule has 1 saturated heterocycles. The molecule has 0 N–H and O–H groups in total. The molecule has 1 aliphatic carbocycles. The van der Waals surface area contributed by atoms with E-state index in [9.17, 15) is 9.59 Å². The fourth-order valence-corrected chi connectivity index (χ4v) is 4.43. The van der Waals surface area contributed by atoms with Crippen molar-refractivity contribution in [2.45, 2.75) is 71.3 Å². The van der Waals surface area contributed by atoms with E-state index in [-0.39, 0.29) is 12.0 Å². The van der Waals surface area contributed by atoms with E-state index in [1.165, 1.54) is 30.4 Å². The molecule has 0 aromatic heterocycles. The second kappa shape index (κ2) is 9.19. The molecule has 160 valence electrons. The molecule has 0 bridgehead atoms. The second-order valence-electron chi connectivity index (χ2n) is 9.70. The van der Waals surface area contributed by atoms with Crippen LogP contribution < -0.4 is 0 Å². The molecule has 1 aromatic rings. The average molecular weight is 401 g/mol. The van der Waals surface area contributed by atoms with Crippen molar-refractivity contribution in [1.82, 2.24) is 9.80 Å². The van der Waals surface area contributed by atoms with Crippen LogP contribution >= 0.6 is 0 Å². The first-order valence-electron chi connectivity index (χ1n) is 11.0. The number of nitrogens with zero attached hydrogens (tertiary/aromatic N) is 2. The van der Waals surface area contributed by atoms with Crippen molar-refractivity contribution in [3.63, 3.8) is 0 Å². The van der Waals surface area contributed by atoms with Gasteiger partial charge in [0.25, 0.3) is 0 Å². The third-order valence-corrected chi connectivity index (χ3v) is 5.88. The fourth-order valence-electron chi connectivity index (χ4n) is 4.43. The maximum Gasteiger partial charge on any atom is 0.410 e. The monoisotopic (exact) mass is 400 g/mol. The highest BCUT2D eigenvalue weighted by Gasteiger charge is 2.27. The highest BCUT2D eigenvalue weighted by Crippen LogP contribution is 2.24. The summed E-state index contributed by atoms with van der Waals surface area (Å²) in [7, 11) is 1.78. The first kappa shape index (κ1) is 21.7. The molecule has 0 saturated carbocycles. The SMILES string of the molecule is CN(CC1CCCN(C(=O)Cc2ccc3c(c2)CCCC3)C1)C(=O)OC(C)(C)C. The van der Waals surface area contributed by atoms with Crippen LogP contribution in [0.5, 0.6) is 0 Å². The van der Waals surface area contributed by atoms with Crippen molar-refractivity contribution in [2.75, 3.05) is 26.7 Å². The molecule has 1 aliphatic heterocycles. The summed E-state index contributed by atoms with van der Waals surface area (Å²) in [5.74, 6) is 0.499. The summed E-state index contributed by atoms with van der Waals surface area (Å²) >= 11 is 0. The van der Waals surface area contributed by atoms with Gasteiger partial charge >= 0.3 is 6.09 Å². The smallest absolute Gasteiger partial charge is 0.410 e. The Hall–Kier alpha value is -2.04. The Labute approximate surface area is 175 Å². The van der Waals surface area contributed by atoms with Crippen LogP contribution in [-0.4, -0.2) is 54.1 Å². The van der Waals surface area contributed by atoms with Crippen LogP contribution in [0.15, 0.2) is 18.2 Å². The van der Waals surface area contributed by atoms with Crippen molar-refractivity contribution >= 4 is 12.0 Å². The van der Waals surface area contributed by atoms with Gasteiger partial charge in [0.2, 0.25) is 5.91 Å². The molecule has 5 nitrogen and oxygen atoms in total. The highest BCUT2D eigenvalue weighted by atomic mass is 16.6. The summed E-state index contributed by atoms with van der Waals surface area (Å²) in [5, 5.41) is 0. The van der Waals surface area contributed by atoms with E-state index in [2.05, 4.69) is 18.2 Å². The molecule has 2 amide bonds. The van der Waals surface area contributed by atoms with Crippen molar-refractivity contribution in [2.24, 2.45) is 5.92 Å². The first-order valence-corrected chi connectivity index (χ1v) is 11.0. The second-order valence-corrected chi connectivity index (χ2v) is 9.70. The number of aryl methyl sites for hydroxylation is 2.